The molecule has 0 bridgehead atoms. The molecule has 39 heavy (non-hydrogen) atoms. The maximum Gasteiger partial charge on any atom is 0.264 e. The van der Waals surface area contributed by atoms with Crippen LogP contribution in [0, 0.1) is 6.92 Å². The Labute approximate surface area is 240 Å². The van der Waals surface area contributed by atoms with Gasteiger partial charge in [0.25, 0.3) is 10.0 Å². The lowest BCUT2D eigenvalue weighted by molar-refractivity contribution is -0.139. The Balaban J connectivity index is 2.04. The van der Waals surface area contributed by atoms with Crippen LogP contribution >= 0.6 is 23.2 Å². The van der Waals surface area contributed by atoms with Crippen molar-refractivity contribution in [3.8, 4) is 0 Å². The molecule has 3 aromatic rings. The number of nitrogens with zero attached hydrogens (tertiary/aromatic N) is 2. The minimum absolute atomic E-state index is 0.0263. The first kappa shape index (κ1) is 30.5. The molecule has 10 heteroatoms. The van der Waals surface area contributed by atoms with Crippen LogP contribution < -0.4 is 9.62 Å². The molecule has 0 saturated carbocycles. The van der Waals surface area contributed by atoms with E-state index in [0.29, 0.717) is 15.6 Å². The van der Waals surface area contributed by atoms with Crippen molar-refractivity contribution in [3.05, 3.63) is 94.0 Å². The van der Waals surface area contributed by atoms with Crippen LogP contribution in [0.1, 0.15) is 38.3 Å². The fourth-order valence-electron chi connectivity index (χ4n) is 3.87. The fraction of sp³-hybridized carbons (Fsp3) is 0.310. The third kappa shape index (κ3) is 7.75. The van der Waals surface area contributed by atoms with Gasteiger partial charge in [0.1, 0.15) is 12.6 Å². The number of sulfonamides is 1. The van der Waals surface area contributed by atoms with E-state index in [1.807, 2.05) is 13.8 Å². The van der Waals surface area contributed by atoms with Gasteiger partial charge in [0.15, 0.2) is 0 Å². The molecule has 2 amide bonds. The molecule has 0 aliphatic carbocycles. The number of hydrogen-bond acceptors (Lipinski definition) is 4. The Morgan fingerprint density at radius 3 is 2.26 bits per heavy atom. The number of halogens is 2. The number of anilines is 1. The highest BCUT2D eigenvalue weighted by Gasteiger charge is 2.33. The normalized spacial score (nSPS) is 12.9. The van der Waals surface area contributed by atoms with Crippen molar-refractivity contribution >= 4 is 50.7 Å². The third-order valence-corrected chi connectivity index (χ3v) is 8.89. The third-order valence-electron chi connectivity index (χ3n) is 6.46. The van der Waals surface area contributed by atoms with Crippen LogP contribution in [0.4, 0.5) is 5.69 Å². The van der Waals surface area contributed by atoms with Crippen LogP contribution in [0.15, 0.2) is 77.7 Å². The maximum absolute atomic E-state index is 13.9. The standard InChI is InChI=1S/C29H33Cl2N3O4S/c1-5-21(3)32-29(36)22(4)33(18-23-10-9-11-24(30)16-23)28(35)19-34(25-15-14-20(2)27(31)17-25)39(37,38)26-12-7-6-8-13-26/h6-17,21-22H,5,18-19H2,1-4H3,(H,32,36)/t21-,22+/m1/s1. The Morgan fingerprint density at radius 1 is 0.949 bits per heavy atom. The first-order valence-electron chi connectivity index (χ1n) is 12.6. The maximum atomic E-state index is 13.9. The summed E-state index contributed by atoms with van der Waals surface area (Å²) in [5.41, 5.74) is 1.71. The van der Waals surface area contributed by atoms with E-state index in [1.165, 1.54) is 23.1 Å². The molecule has 0 saturated heterocycles. The van der Waals surface area contributed by atoms with E-state index in [-0.39, 0.29) is 29.1 Å². The zero-order valence-corrected chi connectivity index (χ0v) is 24.7. The van der Waals surface area contributed by atoms with Gasteiger partial charge in [-0.3, -0.25) is 13.9 Å². The number of aryl methyl sites for hydroxylation is 1. The van der Waals surface area contributed by atoms with Crippen molar-refractivity contribution in [1.82, 2.24) is 10.2 Å². The summed E-state index contributed by atoms with van der Waals surface area (Å²) in [4.78, 5) is 28.4. The highest BCUT2D eigenvalue weighted by atomic mass is 35.5. The minimum atomic E-state index is -4.16. The number of rotatable bonds is 11. The van der Waals surface area contributed by atoms with Crippen LogP contribution in [-0.2, 0) is 26.2 Å². The summed E-state index contributed by atoms with van der Waals surface area (Å²) in [6, 6.07) is 18.7. The highest BCUT2D eigenvalue weighted by molar-refractivity contribution is 7.92. The molecule has 0 heterocycles. The topological polar surface area (TPSA) is 86.8 Å². The van der Waals surface area contributed by atoms with E-state index in [1.54, 1.807) is 68.4 Å². The van der Waals surface area contributed by atoms with Crippen molar-refractivity contribution in [2.24, 2.45) is 0 Å². The summed E-state index contributed by atoms with van der Waals surface area (Å²) >= 11 is 12.5. The SMILES string of the molecule is CC[C@@H](C)NC(=O)[C@H](C)N(Cc1cccc(Cl)c1)C(=O)CN(c1ccc(C)c(Cl)c1)S(=O)(=O)c1ccccc1. The van der Waals surface area contributed by atoms with Gasteiger partial charge in [-0.25, -0.2) is 8.42 Å². The van der Waals surface area contributed by atoms with Gasteiger partial charge >= 0.3 is 0 Å². The van der Waals surface area contributed by atoms with Crippen molar-refractivity contribution < 1.29 is 18.0 Å². The molecule has 3 aromatic carbocycles. The second-order valence-corrected chi connectivity index (χ2v) is 12.1. The molecule has 0 unspecified atom stereocenters. The predicted octanol–water partition coefficient (Wildman–Crippen LogP) is 5.83. The Kier molecular flexibility index (Phi) is 10.4. The molecular formula is C29H33Cl2N3O4S. The first-order valence-corrected chi connectivity index (χ1v) is 14.8. The lowest BCUT2D eigenvalue weighted by Crippen LogP contribution is -2.52. The van der Waals surface area contributed by atoms with Gasteiger partial charge in [-0.1, -0.05) is 66.5 Å². The Bertz CT molecular complexity index is 1420. The second kappa shape index (κ2) is 13.3. The van der Waals surface area contributed by atoms with E-state index in [2.05, 4.69) is 5.32 Å². The van der Waals surface area contributed by atoms with Crippen LogP contribution in [0.5, 0.6) is 0 Å². The zero-order valence-electron chi connectivity index (χ0n) is 22.4. The Hall–Kier alpha value is -3.07. The van der Waals surface area contributed by atoms with Crippen molar-refractivity contribution in [3.63, 3.8) is 0 Å². The highest BCUT2D eigenvalue weighted by Crippen LogP contribution is 2.28. The van der Waals surface area contributed by atoms with Gasteiger partial charge in [-0.15, -0.1) is 0 Å². The lowest BCUT2D eigenvalue weighted by Gasteiger charge is -2.32. The van der Waals surface area contributed by atoms with Gasteiger partial charge in [0.2, 0.25) is 11.8 Å². The molecule has 0 aliphatic rings. The van der Waals surface area contributed by atoms with Crippen molar-refractivity contribution in [1.29, 1.82) is 0 Å². The molecule has 7 nitrogen and oxygen atoms in total. The van der Waals surface area contributed by atoms with Crippen LogP contribution in [-0.4, -0.2) is 43.8 Å². The van der Waals surface area contributed by atoms with E-state index in [9.17, 15) is 18.0 Å². The van der Waals surface area contributed by atoms with Crippen molar-refractivity contribution in [2.75, 3.05) is 10.8 Å². The molecular weight excluding hydrogens is 557 g/mol. The summed E-state index contributed by atoms with van der Waals surface area (Å²) < 4.78 is 28.6. The number of amides is 2. The summed E-state index contributed by atoms with van der Waals surface area (Å²) in [5.74, 6) is -0.895. The Morgan fingerprint density at radius 2 is 1.64 bits per heavy atom. The minimum Gasteiger partial charge on any atom is -0.352 e. The van der Waals surface area contributed by atoms with Crippen LogP contribution in [0.2, 0.25) is 10.0 Å². The molecule has 2 atom stereocenters. The van der Waals surface area contributed by atoms with E-state index in [0.717, 1.165) is 16.3 Å². The van der Waals surface area contributed by atoms with E-state index >= 15 is 0 Å². The molecule has 0 aromatic heterocycles. The van der Waals surface area contributed by atoms with Crippen molar-refractivity contribution in [2.45, 2.75) is 57.6 Å². The average molecular weight is 591 g/mol. The molecule has 3 rings (SSSR count). The largest absolute Gasteiger partial charge is 0.352 e. The monoisotopic (exact) mass is 589 g/mol. The fourth-order valence-corrected chi connectivity index (χ4v) is 5.68. The van der Waals surface area contributed by atoms with Crippen LogP contribution in [0.3, 0.4) is 0 Å². The molecule has 208 valence electrons. The zero-order chi connectivity index (χ0) is 28.7. The predicted molar refractivity (Wildman–Crippen MR) is 157 cm³/mol. The number of hydrogen-bond donors (Lipinski definition) is 1. The average Bonchev–Trinajstić information content (AvgIpc) is 2.91. The quantitative estimate of drug-likeness (QED) is 0.305. The molecule has 0 radical (unpaired) electrons. The summed E-state index contributed by atoms with van der Waals surface area (Å²) in [6.45, 7) is 6.77. The summed E-state index contributed by atoms with van der Waals surface area (Å²) in [6.07, 6.45) is 0.720. The van der Waals surface area contributed by atoms with Gasteiger partial charge in [-0.05, 0) is 74.7 Å². The summed E-state index contributed by atoms with van der Waals surface area (Å²) in [5, 5.41) is 3.76. The van der Waals surface area contributed by atoms with Gasteiger partial charge in [0.05, 0.1) is 10.6 Å². The second-order valence-electron chi connectivity index (χ2n) is 9.40. The molecule has 0 aliphatic heterocycles. The molecule has 0 spiro atoms. The number of carbonyl (C=O) groups is 2. The molecule has 1 N–H and O–H groups in total. The van der Waals surface area contributed by atoms with Gasteiger partial charge in [0, 0.05) is 22.6 Å². The van der Waals surface area contributed by atoms with Gasteiger partial charge in [-0.2, -0.15) is 0 Å². The lowest BCUT2D eigenvalue weighted by atomic mass is 10.1. The number of benzene rings is 3. The number of nitrogens with one attached hydrogen (secondary N) is 1. The molecule has 0 fully saturated rings. The van der Waals surface area contributed by atoms with E-state index < -0.39 is 28.5 Å². The summed E-state index contributed by atoms with van der Waals surface area (Å²) in [7, 11) is -4.16. The van der Waals surface area contributed by atoms with Crippen LogP contribution in [0.25, 0.3) is 0 Å². The smallest absolute Gasteiger partial charge is 0.264 e. The van der Waals surface area contributed by atoms with Gasteiger partial charge < -0.3 is 10.2 Å². The number of carbonyl (C=O) groups excluding carboxylic acids is 2. The first-order chi connectivity index (χ1) is 18.4. The van der Waals surface area contributed by atoms with E-state index in [4.69, 9.17) is 23.2 Å².